The largest absolute Gasteiger partial charge is 0.507 e. The summed E-state index contributed by atoms with van der Waals surface area (Å²) in [5.41, 5.74) is 2.13. The molecule has 1 saturated heterocycles. The predicted octanol–water partition coefficient (Wildman–Crippen LogP) is 5.49. The Hall–Kier alpha value is -3.87. The van der Waals surface area contributed by atoms with Crippen molar-refractivity contribution in [1.82, 2.24) is 5.16 Å². The Morgan fingerprint density at radius 3 is 2.38 bits per heavy atom. The van der Waals surface area contributed by atoms with Gasteiger partial charge in [0, 0.05) is 11.6 Å². The minimum Gasteiger partial charge on any atom is -0.507 e. The molecule has 0 radical (unpaired) electrons. The molecule has 7 nitrogen and oxygen atoms in total. The summed E-state index contributed by atoms with van der Waals surface area (Å²) in [7, 11) is 0. The Bertz CT molecular complexity index is 1210. The molecule has 1 aliphatic heterocycles. The van der Waals surface area contributed by atoms with E-state index in [2.05, 4.69) is 12.1 Å². The number of hydrogen-bond donors (Lipinski definition) is 1. The smallest absolute Gasteiger partial charge is 0.301 e. The number of ether oxygens (including phenoxy) is 1. The van der Waals surface area contributed by atoms with Crippen LogP contribution in [0.25, 0.3) is 5.76 Å². The SMILES string of the molecule is CCCCCOc1ccc([C@H]2C(=C(O)c3ccc(C)cc3)C(=O)C(=O)N2c2cc(C)on2)cc1. The van der Waals surface area contributed by atoms with E-state index in [9.17, 15) is 14.7 Å². The summed E-state index contributed by atoms with van der Waals surface area (Å²) in [5, 5.41) is 15.1. The number of amides is 1. The van der Waals surface area contributed by atoms with Gasteiger partial charge >= 0.3 is 5.91 Å². The van der Waals surface area contributed by atoms with Crippen molar-refractivity contribution in [2.75, 3.05) is 11.5 Å². The van der Waals surface area contributed by atoms with Gasteiger partial charge in [0.2, 0.25) is 0 Å². The molecular weight excluding hydrogens is 432 g/mol. The van der Waals surface area contributed by atoms with Gasteiger partial charge in [0.15, 0.2) is 5.82 Å². The van der Waals surface area contributed by atoms with E-state index in [0.717, 1.165) is 24.8 Å². The number of ketones is 1. The number of anilines is 1. The summed E-state index contributed by atoms with van der Waals surface area (Å²) in [6, 6.07) is 15.1. The highest BCUT2D eigenvalue weighted by molar-refractivity contribution is 6.51. The van der Waals surface area contributed by atoms with Gasteiger partial charge in [0.1, 0.15) is 17.3 Å². The van der Waals surface area contributed by atoms with Crippen molar-refractivity contribution in [3.05, 3.63) is 82.6 Å². The summed E-state index contributed by atoms with van der Waals surface area (Å²) in [6.45, 7) is 6.40. The Labute approximate surface area is 198 Å². The highest BCUT2D eigenvalue weighted by Crippen LogP contribution is 2.42. The first-order chi connectivity index (χ1) is 16.4. The van der Waals surface area contributed by atoms with E-state index >= 15 is 0 Å². The third-order valence-corrected chi connectivity index (χ3v) is 5.84. The molecule has 1 atom stereocenters. The monoisotopic (exact) mass is 460 g/mol. The fraction of sp³-hybridized carbons (Fsp3) is 0.296. The number of carbonyl (C=O) groups excluding carboxylic acids is 2. The zero-order valence-electron chi connectivity index (χ0n) is 19.6. The molecule has 176 valence electrons. The van der Waals surface area contributed by atoms with Crippen molar-refractivity contribution in [2.45, 2.75) is 46.1 Å². The minimum absolute atomic E-state index is 0.00567. The number of aromatic nitrogens is 1. The van der Waals surface area contributed by atoms with E-state index < -0.39 is 17.7 Å². The molecule has 4 rings (SSSR count). The van der Waals surface area contributed by atoms with Gasteiger partial charge in [-0.2, -0.15) is 0 Å². The fourth-order valence-corrected chi connectivity index (χ4v) is 4.01. The van der Waals surface area contributed by atoms with Crippen molar-refractivity contribution in [1.29, 1.82) is 0 Å². The van der Waals surface area contributed by atoms with E-state index in [4.69, 9.17) is 9.26 Å². The molecule has 3 aromatic rings. The number of aliphatic hydroxyl groups excluding tert-OH is 1. The quantitative estimate of drug-likeness (QED) is 0.207. The summed E-state index contributed by atoms with van der Waals surface area (Å²) in [6.07, 6.45) is 3.19. The molecule has 0 bridgehead atoms. The van der Waals surface area contributed by atoms with E-state index in [1.54, 1.807) is 49.4 Å². The first kappa shape index (κ1) is 23.3. The second-order valence-corrected chi connectivity index (χ2v) is 8.46. The topological polar surface area (TPSA) is 92.9 Å². The molecule has 1 aromatic heterocycles. The average Bonchev–Trinajstić information content (AvgIpc) is 3.37. The summed E-state index contributed by atoms with van der Waals surface area (Å²) >= 11 is 0. The van der Waals surface area contributed by atoms with Crippen LogP contribution in [0.3, 0.4) is 0 Å². The van der Waals surface area contributed by atoms with Gasteiger partial charge in [0.25, 0.3) is 5.78 Å². The van der Waals surface area contributed by atoms with Crippen molar-refractivity contribution < 1.29 is 24.0 Å². The van der Waals surface area contributed by atoms with Crippen molar-refractivity contribution in [3.63, 3.8) is 0 Å². The number of nitrogens with zero attached hydrogens (tertiary/aromatic N) is 2. The van der Waals surface area contributed by atoms with E-state index in [0.29, 0.717) is 29.2 Å². The van der Waals surface area contributed by atoms with Gasteiger partial charge in [-0.05, 0) is 38.0 Å². The molecule has 0 spiro atoms. The van der Waals surface area contributed by atoms with Crippen molar-refractivity contribution in [2.24, 2.45) is 0 Å². The van der Waals surface area contributed by atoms with Gasteiger partial charge in [-0.3, -0.25) is 14.5 Å². The third-order valence-electron chi connectivity index (χ3n) is 5.84. The Balaban J connectivity index is 1.76. The van der Waals surface area contributed by atoms with Crippen LogP contribution in [-0.4, -0.2) is 28.6 Å². The van der Waals surface area contributed by atoms with E-state index in [-0.39, 0.29) is 17.2 Å². The second-order valence-electron chi connectivity index (χ2n) is 8.46. The standard InChI is InChI=1S/C27H28N2O5/c1-4-5-6-15-33-21-13-11-19(12-14-21)24-23(25(30)20-9-7-17(2)8-10-20)26(31)27(32)29(24)22-16-18(3)34-28-22/h7-14,16,24,30H,4-6,15H2,1-3H3/t24-/m0/s1. The minimum atomic E-state index is -0.861. The molecule has 0 saturated carbocycles. The third kappa shape index (κ3) is 4.59. The maximum Gasteiger partial charge on any atom is 0.301 e. The van der Waals surface area contributed by atoms with Crippen LogP contribution in [0.1, 0.15) is 54.7 Å². The molecule has 2 heterocycles. The van der Waals surface area contributed by atoms with Crippen molar-refractivity contribution in [3.8, 4) is 5.75 Å². The lowest BCUT2D eigenvalue weighted by molar-refractivity contribution is -0.132. The van der Waals surface area contributed by atoms with Crippen molar-refractivity contribution >= 4 is 23.3 Å². The number of benzene rings is 2. The highest BCUT2D eigenvalue weighted by Gasteiger charge is 2.48. The number of aryl methyl sites for hydroxylation is 2. The van der Waals surface area contributed by atoms with E-state index in [1.807, 2.05) is 19.1 Å². The molecule has 2 aromatic carbocycles. The first-order valence-corrected chi connectivity index (χ1v) is 11.4. The van der Waals surface area contributed by atoms with Gasteiger partial charge in [-0.25, -0.2) is 0 Å². The van der Waals surface area contributed by atoms with Crippen LogP contribution in [-0.2, 0) is 9.59 Å². The number of unbranched alkanes of at least 4 members (excludes halogenated alkanes) is 2. The lowest BCUT2D eigenvalue weighted by Crippen LogP contribution is -2.29. The van der Waals surface area contributed by atoms with Crippen LogP contribution in [0.4, 0.5) is 5.82 Å². The Morgan fingerprint density at radius 1 is 1.06 bits per heavy atom. The Kier molecular flexibility index (Phi) is 6.82. The molecule has 1 amide bonds. The number of rotatable bonds is 8. The predicted molar refractivity (Wildman–Crippen MR) is 129 cm³/mol. The van der Waals surface area contributed by atoms with Gasteiger partial charge in [-0.15, -0.1) is 0 Å². The highest BCUT2D eigenvalue weighted by atomic mass is 16.5. The molecule has 1 N–H and O–H groups in total. The molecule has 1 fully saturated rings. The lowest BCUT2D eigenvalue weighted by Gasteiger charge is -2.23. The van der Waals surface area contributed by atoms with E-state index in [1.165, 1.54) is 4.90 Å². The molecule has 1 aliphatic rings. The second kappa shape index (κ2) is 9.95. The number of carbonyl (C=O) groups is 2. The molecule has 7 heteroatoms. The maximum atomic E-state index is 13.1. The molecular formula is C27H28N2O5. The molecule has 0 aliphatic carbocycles. The summed E-state index contributed by atoms with van der Waals surface area (Å²) in [5.74, 6) is -0.355. The van der Waals surface area contributed by atoms with Crippen LogP contribution in [0.15, 0.2) is 64.7 Å². The number of hydrogen-bond acceptors (Lipinski definition) is 6. The van der Waals surface area contributed by atoms with Crippen LogP contribution in [0, 0.1) is 13.8 Å². The maximum absolute atomic E-state index is 13.1. The van der Waals surface area contributed by atoms with Crippen LogP contribution in [0.5, 0.6) is 5.75 Å². The Morgan fingerprint density at radius 2 is 1.76 bits per heavy atom. The number of aliphatic hydroxyl groups is 1. The summed E-state index contributed by atoms with van der Waals surface area (Å²) < 4.78 is 11.0. The average molecular weight is 461 g/mol. The van der Waals surface area contributed by atoms with Crippen LogP contribution < -0.4 is 9.64 Å². The fourth-order valence-electron chi connectivity index (χ4n) is 4.01. The molecule has 34 heavy (non-hydrogen) atoms. The molecule has 0 unspecified atom stereocenters. The van der Waals surface area contributed by atoms with Gasteiger partial charge in [-0.1, -0.05) is 66.9 Å². The zero-order valence-corrected chi connectivity index (χ0v) is 19.6. The lowest BCUT2D eigenvalue weighted by atomic mass is 9.95. The summed E-state index contributed by atoms with van der Waals surface area (Å²) in [4.78, 5) is 27.5. The van der Waals surface area contributed by atoms with Gasteiger partial charge in [0.05, 0.1) is 18.2 Å². The van der Waals surface area contributed by atoms with Crippen LogP contribution >= 0.6 is 0 Å². The first-order valence-electron chi connectivity index (χ1n) is 11.4. The van der Waals surface area contributed by atoms with Crippen LogP contribution in [0.2, 0.25) is 0 Å². The van der Waals surface area contributed by atoms with Gasteiger partial charge < -0.3 is 14.4 Å². The normalized spacial score (nSPS) is 17.4. The number of Topliss-reactive ketones (excluding diaryl/α,β-unsaturated/α-hetero) is 1. The zero-order chi connectivity index (χ0) is 24.2.